The number of halogens is 1. The Labute approximate surface area is 135 Å². The summed E-state index contributed by atoms with van der Waals surface area (Å²) in [6, 6.07) is 16.1. The van der Waals surface area contributed by atoms with Crippen LogP contribution in [0.25, 0.3) is 0 Å². The number of nitrogens with two attached hydrogens (primary N) is 1. The minimum absolute atomic E-state index is 0. The first kappa shape index (κ1) is 16.2. The highest BCUT2D eigenvalue weighted by molar-refractivity contribution is 14.0. The zero-order valence-electron chi connectivity index (χ0n) is 11.0. The number of hydrogen-bond donors (Lipinski definition) is 2. The molecule has 2 aromatic rings. The molecule has 0 atom stereocenters. The molecule has 0 spiro atoms. The number of amides is 1. The molecule has 104 valence electrons. The Bertz CT molecular complexity index is 596. The van der Waals surface area contributed by atoms with Gasteiger partial charge in [0.15, 0.2) is 0 Å². The number of carbonyl (C=O) groups excluding carboxylic acids is 1. The lowest BCUT2D eigenvalue weighted by atomic mass is 10.1. The Morgan fingerprint density at radius 3 is 2.00 bits per heavy atom. The first-order chi connectivity index (χ1) is 9.09. The smallest absolute Gasteiger partial charge is 0.258 e. The second kappa shape index (κ2) is 7.04. The number of benzene rings is 2. The molecule has 0 radical (unpaired) electrons. The number of hydrogen-bond acceptors (Lipinski definition) is 2. The van der Waals surface area contributed by atoms with E-state index in [0.29, 0.717) is 11.1 Å². The van der Waals surface area contributed by atoms with Crippen molar-refractivity contribution in [2.24, 2.45) is 5.73 Å². The normalized spacial score (nSPS) is 9.45. The van der Waals surface area contributed by atoms with Gasteiger partial charge in [0, 0.05) is 23.9 Å². The van der Waals surface area contributed by atoms with E-state index < -0.39 is 0 Å². The Morgan fingerprint density at radius 2 is 1.50 bits per heavy atom. The van der Waals surface area contributed by atoms with Crippen molar-refractivity contribution in [1.29, 1.82) is 5.41 Å². The van der Waals surface area contributed by atoms with Crippen molar-refractivity contribution in [1.82, 2.24) is 0 Å². The highest BCUT2D eigenvalue weighted by atomic mass is 127. The van der Waals surface area contributed by atoms with Gasteiger partial charge in [0.2, 0.25) is 0 Å². The standard InChI is InChI=1S/C15H15N3O.HI/c1-18(13-5-3-2-4-6-13)15(19)12-9-7-11(8-10-12)14(16)17;/h2-10H,1H3,(H3,16,17);1H. The third-order valence-electron chi connectivity index (χ3n) is 2.89. The van der Waals surface area contributed by atoms with E-state index >= 15 is 0 Å². The summed E-state index contributed by atoms with van der Waals surface area (Å²) in [6.45, 7) is 0. The van der Waals surface area contributed by atoms with Gasteiger partial charge in [-0.1, -0.05) is 30.3 Å². The van der Waals surface area contributed by atoms with Gasteiger partial charge in [-0.05, 0) is 24.3 Å². The second-order valence-electron chi connectivity index (χ2n) is 4.19. The van der Waals surface area contributed by atoms with Gasteiger partial charge in [0.1, 0.15) is 5.84 Å². The topological polar surface area (TPSA) is 70.2 Å². The predicted molar refractivity (Wildman–Crippen MR) is 92.0 cm³/mol. The molecule has 20 heavy (non-hydrogen) atoms. The molecule has 0 aromatic heterocycles. The van der Waals surface area contributed by atoms with Crippen molar-refractivity contribution < 1.29 is 4.79 Å². The van der Waals surface area contributed by atoms with Crippen molar-refractivity contribution in [3.8, 4) is 0 Å². The van der Waals surface area contributed by atoms with Crippen LogP contribution in [0, 0.1) is 5.41 Å². The average molecular weight is 381 g/mol. The van der Waals surface area contributed by atoms with Gasteiger partial charge in [0.05, 0.1) is 0 Å². The molecule has 0 aliphatic rings. The summed E-state index contributed by atoms with van der Waals surface area (Å²) in [5.74, 6) is -0.100. The summed E-state index contributed by atoms with van der Waals surface area (Å²) in [5, 5.41) is 7.31. The van der Waals surface area contributed by atoms with Crippen LogP contribution in [0.2, 0.25) is 0 Å². The van der Waals surface area contributed by atoms with Gasteiger partial charge in [-0.2, -0.15) is 0 Å². The van der Waals surface area contributed by atoms with Crippen molar-refractivity contribution in [3.63, 3.8) is 0 Å². The lowest BCUT2D eigenvalue weighted by Crippen LogP contribution is -2.26. The van der Waals surface area contributed by atoms with E-state index in [1.54, 1.807) is 36.2 Å². The molecule has 0 saturated carbocycles. The molecule has 2 aromatic carbocycles. The minimum Gasteiger partial charge on any atom is -0.384 e. The minimum atomic E-state index is -0.0960. The van der Waals surface area contributed by atoms with Crippen LogP contribution in [0.5, 0.6) is 0 Å². The number of nitrogens with one attached hydrogen (secondary N) is 1. The lowest BCUT2D eigenvalue weighted by Gasteiger charge is -2.17. The number of amidine groups is 1. The average Bonchev–Trinajstić information content (AvgIpc) is 2.46. The van der Waals surface area contributed by atoms with Crippen LogP contribution in [0.15, 0.2) is 54.6 Å². The van der Waals surface area contributed by atoms with E-state index in [2.05, 4.69) is 0 Å². The summed E-state index contributed by atoms with van der Waals surface area (Å²) in [5.41, 5.74) is 7.39. The first-order valence-electron chi connectivity index (χ1n) is 5.87. The van der Waals surface area contributed by atoms with Gasteiger partial charge in [-0.25, -0.2) is 0 Å². The van der Waals surface area contributed by atoms with Crippen molar-refractivity contribution in [3.05, 3.63) is 65.7 Å². The van der Waals surface area contributed by atoms with Crippen molar-refractivity contribution in [2.75, 3.05) is 11.9 Å². The molecule has 0 saturated heterocycles. The van der Waals surface area contributed by atoms with Crippen LogP contribution in [0.4, 0.5) is 5.69 Å². The van der Waals surface area contributed by atoms with E-state index in [9.17, 15) is 4.79 Å². The molecule has 1 amide bonds. The molecule has 5 heteroatoms. The predicted octanol–water partition coefficient (Wildman–Crippen LogP) is 2.87. The molecule has 2 rings (SSSR count). The SMILES string of the molecule is CN(C(=O)c1ccc(C(=N)N)cc1)c1ccccc1.I. The Balaban J connectivity index is 0.00000200. The van der Waals surface area contributed by atoms with Crippen LogP contribution in [0.3, 0.4) is 0 Å². The monoisotopic (exact) mass is 381 g/mol. The Hall–Kier alpha value is -1.89. The first-order valence-corrected chi connectivity index (χ1v) is 5.87. The van der Waals surface area contributed by atoms with Crippen LogP contribution < -0.4 is 10.6 Å². The van der Waals surface area contributed by atoms with Crippen LogP contribution in [-0.2, 0) is 0 Å². The maximum Gasteiger partial charge on any atom is 0.258 e. The zero-order valence-corrected chi connectivity index (χ0v) is 13.4. The fourth-order valence-electron chi connectivity index (χ4n) is 1.75. The maximum atomic E-state index is 12.3. The molecule has 4 nitrogen and oxygen atoms in total. The van der Waals surface area contributed by atoms with Gasteiger partial charge >= 0.3 is 0 Å². The number of para-hydroxylation sites is 1. The maximum absolute atomic E-state index is 12.3. The molecule has 3 N–H and O–H groups in total. The third kappa shape index (κ3) is 3.57. The molecular weight excluding hydrogens is 365 g/mol. The Kier molecular flexibility index (Phi) is 5.69. The summed E-state index contributed by atoms with van der Waals surface area (Å²) in [6.07, 6.45) is 0. The molecular formula is C15H16IN3O. The number of carbonyl (C=O) groups is 1. The van der Waals surface area contributed by atoms with Crippen molar-refractivity contribution >= 4 is 41.4 Å². The fourth-order valence-corrected chi connectivity index (χ4v) is 1.75. The molecule has 0 heterocycles. The Morgan fingerprint density at radius 1 is 1.00 bits per heavy atom. The van der Waals surface area contributed by atoms with Gasteiger partial charge in [0.25, 0.3) is 5.91 Å². The molecule has 0 aliphatic heterocycles. The number of rotatable bonds is 3. The van der Waals surface area contributed by atoms with Crippen LogP contribution in [0.1, 0.15) is 15.9 Å². The summed E-state index contributed by atoms with van der Waals surface area (Å²) in [4.78, 5) is 13.9. The molecule has 0 aliphatic carbocycles. The van der Waals surface area contributed by atoms with E-state index in [4.69, 9.17) is 11.1 Å². The highest BCUT2D eigenvalue weighted by Crippen LogP contribution is 2.15. The second-order valence-corrected chi connectivity index (χ2v) is 4.19. The molecule has 0 unspecified atom stereocenters. The molecule has 0 fully saturated rings. The van der Waals surface area contributed by atoms with Crippen molar-refractivity contribution in [2.45, 2.75) is 0 Å². The van der Waals surface area contributed by atoms with E-state index in [0.717, 1.165) is 5.69 Å². The largest absolute Gasteiger partial charge is 0.384 e. The van der Waals surface area contributed by atoms with Gasteiger partial charge in [-0.3, -0.25) is 10.2 Å². The number of anilines is 1. The number of nitrogens with zero attached hydrogens (tertiary/aromatic N) is 1. The fraction of sp³-hybridized carbons (Fsp3) is 0.0667. The summed E-state index contributed by atoms with van der Waals surface area (Å²) >= 11 is 0. The van der Waals surface area contributed by atoms with Crippen LogP contribution in [-0.4, -0.2) is 18.8 Å². The zero-order chi connectivity index (χ0) is 13.8. The van der Waals surface area contributed by atoms with E-state index in [1.165, 1.54) is 0 Å². The molecule has 0 bridgehead atoms. The highest BCUT2D eigenvalue weighted by Gasteiger charge is 2.13. The third-order valence-corrected chi connectivity index (χ3v) is 2.89. The summed E-state index contributed by atoms with van der Waals surface area (Å²) < 4.78 is 0. The van der Waals surface area contributed by atoms with E-state index in [1.807, 2.05) is 30.3 Å². The van der Waals surface area contributed by atoms with Gasteiger partial charge in [-0.15, -0.1) is 24.0 Å². The van der Waals surface area contributed by atoms with E-state index in [-0.39, 0.29) is 35.7 Å². The number of nitrogen functional groups attached to an aromatic ring is 1. The quantitative estimate of drug-likeness (QED) is 0.488. The van der Waals surface area contributed by atoms with Gasteiger partial charge < -0.3 is 10.6 Å². The lowest BCUT2D eigenvalue weighted by molar-refractivity contribution is 0.0993. The van der Waals surface area contributed by atoms with Crippen LogP contribution >= 0.6 is 24.0 Å². The summed E-state index contributed by atoms with van der Waals surface area (Å²) in [7, 11) is 1.73.